The number of aromatic nitrogens is 2. The Kier molecular flexibility index (Phi) is 8.03. The summed E-state index contributed by atoms with van der Waals surface area (Å²) >= 11 is 1.19. The molecule has 0 bridgehead atoms. The van der Waals surface area contributed by atoms with Crippen LogP contribution in [0.5, 0.6) is 5.88 Å². The van der Waals surface area contributed by atoms with Gasteiger partial charge in [0, 0.05) is 25.3 Å². The van der Waals surface area contributed by atoms with E-state index in [4.69, 9.17) is 9.47 Å². The summed E-state index contributed by atoms with van der Waals surface area (Å²) in [6, 6.07) is 0. The van der Waals surface area contributed by atoms with Crippen molar-refractivity contribution in [3.05, 3.63) is 11.8 Å². The van der Waals surface area contributed by atoms with Crippen LogP contribution in [0.2, 0.25) is 0 Å². The molecule has 1 aliphatic rings. The van der Waals surface area contributed by atoms with Gasteiger partial charge >= 0.3 is 5.97 Å². The first-order valence-electron chi connectivity index (χ1n) is 9.66. The molecule has 0 N–H and O–H groups in total. The molecule has 0 spiro atoms. The van der Waals surface area contributed by atoms with Crippen LogP contribution in [0.1, 0.15) is 65.0 Å². The highest BCUT2D eigenvalue weighted by Crippen LogP contribution is 2.32. The fraction of sp³-hybridized carbons (Fsp3) is 0.737. The number of rotatable bonds is 10. The lowest BCUT2D eigenvalue weighted by Crippen LogP contribution is -2.56. The zero-order valence-electron chi connectivity index (χ0n) is 16.5. The molecule has 2 heterocycles. The van der Waals surface area contributed by atoms with E-state index in [0.717, 1.165) is 43.6 Å². The molecule has 1 aromatic rings. The highest BCUT2D eigenvalue weighted by molar-refractivity contribution is 6.99. The van der Waals surface area contributed by atoms with Crippen molar-refractivity contribution in [2.75, 3.05) is 26.7 Å². The first-order valence-corrected chi connectivity index (χ1v) is 10.4. The summed E-state index contributed by atoms with van der Waals surface area (Å²) in [6.45, 7) is 8.13. The second kappa shape index (κ2) is 10.0. The second-order valence-corrected chi connectivity index (χ2v) is 7.71. The Hall–Kier alpha value is -1.47. The average molecular weight is 383 g/mol. The number of quaternary nitrogens is 1. The maximum atomic E-state index is 11.5. The first kappa shape index (κ1) is 20.8. The van der Waals surface area contributed by atoms with Crippen molar-refractivity contribution < 1.29 is 18.8 Å². The maximum absolute atomic E-state index is 11.5. The number of hydrogen-bond donors (Lipinski definition) is 0. The topological polar surface area (TPSA) is 61.3 Å². The third kappa shape index (κ3) is 5.51. The minimum absolute atomic E-state index is 0.138. The molecule has 0 amide bonds. The van der Waals surface area contributed by atoms with Gasteiger partial charge in [-0.05, 0) is 6.42 Å². The molecule has 0 radical (unpaired) electrons. The van der Waals surface area contributed by atoms with Gasteiger partial charge < -0.3 is 9.47 Å². The molecular formula is C19H32N3O3S+. The van der Waals surface area contributed by atoms with Crippen LogP contribution in [0, 0.1) is 0 Å². The predicted molar refractivity (Wildman–Crippen MR) is 104 cm³/mol. The molecule has 0 saturated heterocycles. The molecule has 1 aliphatic heterocycles. The number of unbranched alkanes of at least 4 members (excludes halogenated alkanes) is 3. The Morgan fingerprint density at radius 2 is 2.12 bits per heavy atom. The van der Waals surface area contributed by atoms with Gasteiger partial charge in [0.05, 0.1) is 31.9 Å². The fourth-order valence-corrected chi connectivity index (χ4v) is 4.03. The number of hydrogen-bond acceptors (Lipinski definition) is 6. The number of esters is 1. The number of carbonyl (C=O) groups excluding carboxylic acids is 1. The standard InChI is InChI=1S/C19H32N3O3S/c1-5-7-8-9-13-24-19-18(20-26-21-19)16-11-10-12-22(4,14-16)17(6-2)25-15(3)23/h11,17H,5-10,12-14H2,1-4H3/q+1. The second-order valence-electron chi connectivity index (χ2n) is 7.18. The monoisotopic (exact) mass is 382 g/mol. The van der Waals surface area contributed by atoms with Crippen LogP contribution >= 0.6 is 11.7 Å². The number of ether oxygens (including phenoxy) is 2. The highest BCUT2D eigenvalue weighted by Gasteiger charge is 2.37. The van der Waals surface area contributed by atoms with Crippen LogP contribution in [0.25, 0.3) is 5.57 Å². The van der Waals surface area contributed by atoms with E-state index in [-0.39, 0.29) is 12.2 Å². The van der Waals surface area contributed by atoms with Crippen molar-refractivity contribution in [1.29, 1.82) is 0 Å². The number of carbonyl (C=O) groups is 1. The van der Waals surface area contributed by atoms with Crippen molar-refractivity contribution in [3.63, 3.8) is 0 Å². The van der Waals surface area contributed by atoms with Crippen LogP contribution in [0.3, 0.4) is 0 Å². The summed E-state index contributed by atoms with van der Waals surface area (Å²) in [4.78, 5) is 11.5. The average Bonchev–Trinajstić information content (AvgIpc) is 3.08. The van der Waals surface area contributed by atoms with Crippen molar-refractivity contribution in [2.45, 2.75) is 65.5 Å². The van der Waals surface area contributed by atoms with Gasteiger partial charge in [-0.3, -0.25) is 9.28 Å². The van der Waals surface area contributed by atoms with Gasteiger partial charge in [-0.15, -0.1) is 4.37 Å². The highest BCUT2D eigenvalue weighted by atomic mass is 32.1. The van der Waals surface area contributed by atoms with E-state index in [1.54, 1.807) is 0 Å². The first-order chi connectivity index (χ1) is 12.5. The third-order valence-corrected chi connectivity index (χ3v) is 5.42. The van der Waals surface area contributed by atoms with Gasteiger partial charge in [0.1, 0.15) is 12.2 Å². The lowest BCUT2D eigenvalue weighted by atomic mass is 10.0. The smallest absolute Gasteiger partial charge is 0.307 e. The van der Waals surface area contributed by atoms with E-state index in [1.165, 1.54) is 37.9 Å². The molecular weight excluding hydrogens is 350 g/mol. The molecule has 0 aromatic carbocycles. The van der Waals surface area contributed by atoms with Crippen molar-refractivity contribution in [1.82, 2.24) is 8.75 Å². The lowest BCUT2D eigenvalue weighted by Gasteiger charge is -2.42. The van der Waals surface area contributed by atoms with Crippen LogP contribution in [0.15, 0.2) is 6.08 Å². The lowest BCUT2D eigenvalue weighted by molar-refractivity contribution is -0.947. The Bertz CT molecular complexity index is 617. The van der Waals surface area contributed by atoms with Gasteiger partial charge in [0.15, 0.2) is 0 Å². The molecule has 7 heteroatoms. The molecule has 2 unspecified atom stereocenters. The van der Waals surface area contributed by atoms with E-state index in [1.807, 2.05) is 0 Å². The zero-order chi connectivity index (χ0) is 19.0. The molecule has 2 rings (SSSR count). The molecule has 2 atom stereocenters. The summed E-state index contributed by atoms with van der Waals surface area (Å²) in [5.74, 6) is 0.422. The van der Waals surface area contributed by atoms with Crippen molar-refractivity contribution in [3.8, 4) is 5.88 Å². The van der Waals surface area contributed by atoms with Crippen molar-refractivity contribution >= 4 is 23.3 Å². The SMILES string of the molecule is CCCCCCOc1nsnc1C1=CCC[N+](C)(C(CC)OC(C)=O)C1. The Morgan fingerprint density at radius 1 is 1.31 bits per heavy atom. The molecule has 6 nitrogen and oxygen atoms in total. The maximum Gasteiger partial charge on any atom is 0.307 e. The van der Waals surface area contributed by atoms with E-state index < -0.39 is 0 Å². The Balaban J connectivity index is 2.04. The van der Waals surface area contributed by atoms with Gasteiger partial charge in [0.25, 0.3) is 5.88 Å². The minimum Gasteiger partial charge on any atom is -0.475 e. The number of likely N-dealkylation sites (N-methyl/N-ethyl adjacent to an activating group) is 1. The van der Waals surface area contributed by atoms with Crippen LogP contribution in [-0.2, 0) is 9.53 Å². The Morgan fingerprint density at radius 3 is 2.81 bits per heavy atom. The largest absolute Gasteiger partial charge is 0.475 e. The summed E-state index contributed by atoms with van der Waals surface area (Å²) in [5.41, 5.74) is 1.99. The summed E-state index contributed by atoms with van der Waals surface area (Å²) in [6.07, 6.45) is 8.48. The molecule has 0 saturated carbocycles. The zero-order valence-corrected chi connectivity index (χ0v) is 17.3. The van der Waals surface area contributed by atoms with Gasteiger partial charge in [-0.25, -0.2) is 0 Å². The van der Waals surface area contributed by atoms with Gasteiger partial charge in [-0.1, -0.05) is 39.2 Å². The summed E-state index contributed by atoms with van der Waals surface area (Å²) in [5, 5.41) is 0. The fourth-order valence-electron chi connectivity index (χ4n) is 3.50. The predicted octanol–water partition coefficient (Wildman–Crippen LogP) is 4.03. The van der Waals surface area contributed by atoms with Gasteiger partial charge in [-0.2, -0.15) is 4.37 Å². The minimum atomic E-state index is -0.223. The van der Waals surface area contributed by atoms with E-state index in [2.05, 4.69) is 35.7 Å². The molecule has 26 heavy (non-hydrogen) atoms. The molecule has 0 fully saturated rings. The van der Waals surface area contributed by atoms with Crippen LogP contribution in [0.4, 0.5) is 0 Å². The molecule has 0 aliphatic carbocycles. The summed E-state index contributed by atoms with van der Waals surface area (Å²) in [7, 11) is 2.15. The quantitative estimate of drug-likeness (QED) is 0.347. The molecule has 146 valence electrons. The third-order valence-electron chi connectivity index (χ3n) is 4.91. The van der Waals surface area contributed by atoms with Crippen LogP contribution < -0.4 is 4.74 Å². The van der Waals surface area contributed by atoms with E-state index in [0.29, 0.717) is 17.0 Å². The Labute approximate surface area is 161 Å². The molecule has 1 aromatic heterocycles. The van der Waals surface area contributed by atoms with Gasteiger partial charge in [0.2, 0.25) is 6.23 Å². The van der Waals surface area contributed by atoms with E-state index >= 15 is 0 Å². The van der Waals surface area contributed by atoms with Crippen LogP contribution in [-0.4, -0.2) is 52.2 Å². The summed E-state index contributed by atoms with van der Waals surface area (Å²) < 4.78 is 21.0. The van der Waals surface area contributed by atoms with Crippen molar-refractivity contribution in [2.24, 2.45) is 0 Å². The van der Waals surface area contributed by atoms with E-state index in [9.17, 15) is 4.79 Å². The number of nitrogens with zero attached hydrogens (tertiary/aromatic N) is 3. The normalized spacial score (nSPS) is 21.2.